The molecular formula is C13H17F3N2O2S. The maximum Gasteiger partial charge on any atom is 0.402 e. The highest BCUT2D eigenvalue weighted by atomic mass is 32.2. The van der Waals surface area contributed by atoms with Gasteiger partial charge in [0.1, 0.15) is 6.54 Å². The van der Waals surface area contributed by atoms with Crippen LogP contribution >= 0.6 is 0 Å². The van der Waals surface area contributed by atoms with Crippen molar-refractivity contribution in [3.05, 3.63) is 29.8 Å². The Morgan fingerprint density at radius 3 is 2.52 bits per heavy atom. The molecular weight excluding hydrogens is 305 g/mol. The van der Waals surface area contributed by atoms with Crippen LogP contribution in [0.5, 0.6) is 0 Å². The van der Waals surface area contributed by atoms with Gasteiger partial charge in [-0.25, -0.2) is 8.42 Å². The Kier molecular flexibility index (Phi) is 4.60. The number of nitrogens with one attached hydrogen (secondary N) is 1. The first-order chi connectivity index (χ1) is 9.74. The van der Waals surface area contributed by atoms with Crippen molar-refractivity contribution in [3.63, 3.8) is 0 Å². The molecule has 0 aromatic heterocycles. The van der Waals surface area contributed by atoms with Crippen LogP contribution < -0.4 is 5.32 Å². The first kappa shape index (κ1) is 16.3. The van der Waals surface area contributed by atoms with Gasteiger partial charge < -0.3 is 5.32 Å². The van der Waals surface area contributed by atoms with E-state index < -0.39 is 28.8 Å². The number of benzene rings is 1. The fourth-order valence-electron chi connectivity index (χ4n) is 2.10. The van der Waals surface area contributed by atoms with Crippen molar-refractivity contribution in [1.82, 2.24) is 9.62 Å². The highest BCUT2D eigenvalue weighted by Crippen LogP contribution is 2.34. The van der Waals surface area contributed by atoms with E-state index in [9.17, 15) is 21.6 Å². The molecule has 1 saturated carbocycles. The molecule has 1 aliphatic carbocycles. The quantitative estimate of drug-likeness (QED) is 0.873. The predicted octanol–water partition coefficient (Wildman–Crippen LogP) is 2.12. The molecule has 8 heteroatoms. The minimum absolute atomic E-state index is 0.0913. The average molecular weight is 322 g/mol. The number of halogens is 3. The first-order valence-electron chi connectivity index (χ1n) is 6.56. The first-order valence-corrected chi connectivity index (χ1v) is 8.00. The van der Waals surface area contributed by atoms with E-state index in [1.54, 1.807) is 13.1 Å². The zero-order valence-corrected chi connectivity index (χ0v) is 12.3. The second-order valence-electron chi connectivity index (χ2n) is 5.07. The van der Waals surface area contributed by atoms with Crippen molar-refractivity contribution < 1.29 is 21.6 Å². The van der Waals surface area contributed by atoms with E-state index in [0.29, 0.717) is 29.3 Å². The summed E-state index contributed by atoms with van der Waals surface area (Å²) in [7, 11) is -2.42. The normalized spacial score (nSPS) is 16.4. The molecule has 21 heavy (non-hydrogen) atoms. The third kappa shape index (κ3) is 4.18. The smallest absolute Gasteiger partial charge is 0.316 e. The zero-order chi connectivity index (χ0) is 15.7. The summed E-state index contributed by atoms with van der Waals surface area (Å²) in [6.45, 7) is -0.984. The Balaban J connectivity index is 2.32. The van der Waals surface area contributed by atoms with Gasteiger partial charge in [-0.05, 0) is 37.6 Å². The summed E-state index contributed by atoms with van der Waals surface area (Å²) >= 11 is 0. The molecule has 0 saturated heterocycles. The van der Waals surface area contributed by atoms with Crippen molar-refractivity contribution in [2.24, 2.45) is 0 Å². The Hall–Kier alpha value is -1.12. The van der Waals surface area contributed by atoms with Crippen LogP contribution in [-0.4, -0.2) is 38.5 Å². The van der Waals surface area contributed by atoms with Crippen LogP contribution in [0, 0.1) is 0 Å². The van der Waals surface area contributed by atoms with Crippen LogP contribution in [0.3, 0.4) is 0 Å². The van der Waals surface area contributed by atoms with Gasteiger partial charge in [0.2, 0.25) is 10.0 Å². The van der Waals surface area contributed by atoms with Crippen LogP contribution in [0.25, 0.3) is 0 Å². The third-order valence-electron chi connectivity index (χ3n) is 3.18. The highest BCUT2D eigenvalue weighted by molar-refractivity contribution is 7.89. The van der Waals surface area contributed by atoms with Crippen molar-refractivity contribution in [3.8, 4) is 0 Å². The molecule has 0 aliphatic heterocycles. The van der Waals surface area contributed by atoms with Crippen molar-refractivity contribution in [1.29, 1.82) is 0 Å². The summed E-state index contributed by atoms with van der Waals surface area (Å²) in [6.07, 6.45) is -3.59. The minimum Gasteiger partial charge on any atom is -0.316 e. The predicted molar refractivity (Wildman–Crippen MR) is 72.2 cm³/mol. The lowest BCUT2D eigenvalue weighted by Gasteiger charge is -2.23. The number of nitrogens with zero attached hydrogens (tertiary/aromatic N) is 1. The summed E-state index contributed by atoms with van der Waals surface area (Å²) in [5.41, 5.74) is 0.710. The molecule has 4 nitrogen and oxygen atoms in total. The third-order valence-corrected chi connectivity index (χ3v) is 5.07. The van der Waals surface area contributed by atoms with Crippen molar-refractivity contribution in [2.45, 2.75) is 36.5 Å². The van der Waals surface area contributed by atoms with E-state index in [2.05, 4.69) is 5.32 Å². The summed E-state index contributed by atoms with van der Waals surface area (Å²) < 4.78 is 63.4. The molecule has 0 heterocycles. The van der Waals surface area contributed by atoms with Crippen molar-refractivity contribution >= 4 is 10.0 Å². The number of alkyl halides is 3. The maximum absolute atomic E-state index is 12.6. The van der Waals surface area contributed by atoms with Crippen molar-refractivity contribution in [2.75, 3.05) is 13.6 Å². The SMILES string of the molecule is CNCc1cccc(S(=O)(=O)N(CC(F)(F)F)C2CC2)c1. The molecule has 1 N–H and O–H groups in total. The molecule has 0 unspecified atom stereocenters. The lowest BCUT2D eigenvalue weighted by molar-refractivity contribution is -0.137. The van der Waals surface area contributed by atoms with Gasteiger partial charge >= 0.3 is 6.18 Å². The minimum atomic E-state index is -4.54. The van der Waals surface area contributed by atoms with Gasteiger partial charge in [-0.2, -0.15) is 17.5 Å². The van der Waals surface area contributed by atoms with E-state index in [0.717, 1.165) is 0 Å². The van der Waals surface area contributed by atoms with Gasteiger partial charge in [-0.15, -0.1) is 0 Å². The van der Waals surface area contributed by atoms with Gasteiger partial charge in [0.25, 0.3) is 0 Å². The fraction of sp³-hybridized carbons (Fsp3) is 0.538. The molecule has 0 atom stereocenters. The largest absolute Gasteiger partial charge is 0.402 e. The standard InChI is InChI=1S/C13H17F3N2O2S/c1-17-8-10-3-2-4-12(7-10)21(19,20)18(11-5-6-11)9-13(14,15)16/h2-4,7,11,17H,5-6,8-9H2,1H3. The van der Waals surface area contributed by atoms with E-state index in [-0.39, 0.29) is 4.90 Å². The van der Waals surface area contributed by atoms with E-state index in [1.165, 1.54) is 18.2 Å². The Bertz CT molecular complexity index is 598. The number of hydrogen-bond donors (Lipinski definition) is 1. The van der Waals surface area contributed by atoms with Gasteiger partial charge in [0, 0.05) is 12.6 Å². The van der Waals surface area contributed by atoms with Crippen LogP contribution in [0.4, 0.5) is 13.2 Å². The molecule has 1 aromatic rings. The summed E-state index contributed by atoms with van der Waals surface area (Å²) in [4.78, 5) is -0.0913. The zero-order valence-electron chi connectivity index (χ0n) is 11.5. The number of sulfonamides is 1. The summed E-state index contributed by atoms with van der Waals surface area (Å²) in [5, 5.41) is 2.88. The second kappa shape index (κ2) is 5.94. The van der Waals surface area contributed by atoms with E-state index in [4.69, 9.17) is 0 Å². The Morgan fingerprint density at radius 1 is 1.33 bits per heavy atom. The van der Waals surface area contributed by atoms with E-state index >= 15 is 0 Å². The monoisotopic (exact) mass is 322 g/mol. The van der Waals surface area contributed by atoms with Gasteiger partial charge in [-0.3, -0.25) is 0 Å². The fourth-order valence-corrected chi connectivity index (χ4v) is 3.85. The van der Waals surface area contributed by atoms with Crippen LogP contribution in [0.1, 0.15) is 18.4 Å². The van der Waals surface area contributed by atoms with Gasteiger partial charge in [0.15, 0.2) is 0 Å². The molecule has 0 amide bonds. The summed E-state index contributed by atoms with van der Waals surface area (Å²) in [5.74, 6) is 0. The second-order valence-corrected chi connectivity index (χ2v) is 6.96. The van der Waals surface area contributed by atoms with Crippen LogP contribution in [0.2, 0.25) is 0 Å². The Labute approximate surface area is 122 Å². The molecule has 0 bridgehead atoms. The molecule has 1 aromatic carbocycles. The topological polar surface area (TPSA) is 49.4 Å². The van der Waals surface area contributed by atoms with E-state index in [1.807, 2.05) is 0 Å². The molecule has 1 fully saturated rings. The highest BCUT2D eigenvalue weighted by Gasteiger charge is 2.44. The molecule has 118 valence electrons. The molecule has 0 radical (unpaired) electrons. The molecule has 1 aliphatic rings. The molecule has 2 rings (SSSR count). The maximum atomic E-state index is 12.6. The summed E-state index contributed by atoms with van der Waals surface area (Å²) in [6, 6.07) is 5.47. The average Bonchev–Trinajstić information content (AvgIpc) is 3.20. The Morgan fingerprint density at radius 2 is 2.00 bits per heavy atom. The molecule has 0 spiro atoms. The number of hydrogen-bond acceptors (Lipinski definition) is 3. The lowest BCUT2D eigenvalue weighted by atomic mass is 10.2. The van der Waals surface area contributed by atoms with Gasteiger partial charge in [-0.1, -0.05) is 12.1 Å². The van der Waals surface area contributed by atoms with Crippen LogP contribution in [-0.2, 0) is 16.6 Å². The van der Waals surface area contributed by atoms with Crippen LogP contribution in [0.15, 0.2) is 29.2 Å². The van der Waals surface area contributed by atoms with Gasteiger partial charge in [0.05, 0.1) is 4.90 Å². The number of rotatable bonds is 6. The lowest BCUT2D eigenvalue weighted by Crippen LogP contribution is -2.40.